The maximum absolute atomic E-state index is 12.6. The van der Waals surface area contributed by atoms with Crippen molar-refractivity contribution in [3.8, 4) is 5.69 Å². The van der Waals surface area contributed by atoms with Gasteiger partial charge in [-0.15, -0.1) is 0 Å². The first-order valence-electron chi connectivity index (χ1n) is 10.9. The maximum atomic E-state index is 12.6. The molecule has 3 N–H and O–H groups in total. The number of carbonyl (C=O) groups is 1. The molecular formula is C23H29N7O2. The molecule has 1 aliphatic heterocycles. The smallest absolute Gasteiger partial charge is 0.319 e. The highest BCUT2D eigenvalue weighted by molar-refractivity contribution is 5.89. The summed E-state index contributed by atoms with van der Waals surface area (Å²) in [5.74, 6) is 0.729. The normalized spacial score (nSPS) is 15.9. The number of amides is 2. The molecule has 0 aliphatic carbocycles. The second-order valence-electron chi connectivity index (χ2n) is 8.57. The first kappa shape index (κ1) is 21.6. The van der Waals surface area contributed by atoms with Gasteiger partial charge in [-0.1, -0.05) is 19.9 Å². The Balaban J connectivity index is 1.38. The second kappa shape index (κ2) is 8.86. The van der Waals surface area contributed by atoms with E-state index in [4.69, 9.17) is 0 Å². The number of H-pyrrole nitrogens is 1. The number of nitrogens with zero attached hydrogens (tertiary/aromatic N) is 4. The summed E-state index contributed by atoms with van der Waals surface area (Å²) in [6, 6.07) is 10.8. The molecule has 0 bridgehead atoms. The minimum Gasteiger partial charge on any atom is -0.340 e. The van der Waals surface area contributed by atoms with E-state index < -0.39 is 0 Å². The minimum absolute atomic E-state index is 0.0396. The molecule has 9 nitrogen and oxygen atoms in total. The summed E-state index contributed by atoms with van der Waals surface area (Å²) in [6.45, 7) is 9.26. The number of aryl methyl sites for hydroxylation is 2. The first-order valence-corrected chi connectivity index (χ1v) is 10.9. The van der Waals surface area contributed by atoms with Crippen LogP contribution < -0.4 is 21.1 Å². The molecule has 0 saturated carbocycles. The number of aromatic nitrogens is 4. The molecule has 1 unspecified atom stereocenters. The Morgan fingerprint density at radius 3 is 2.75 bits per heavy atom. The van der Waals surface area contributed by atoms with E-state index in [9.17, 15) is 9.59 Å². The Hall–Kier alpha value is -3.62. The average Bonchev–Trinajstić information content (AvgIpc) is 3.33. The van der Waals surface area contributed by atoms with Crippen LogP contribution in [0.2, 0.25) is 0 Å². The minimum atomic E-state index is -0.264. The highest BCUT2D eigenvalue weighted by Gasteiger charge is 2.26. The molecule has 9 heteroatoms. The molecule has 4 rings (SSSR count). The molecule has 168 valence electrons. The van der Waals surface area contributed by atoms with Crippen molar-refractivity contribution in [1.29, 1.82) is 0 Å². The molecule has 0 spiro atoms. The third-order valence-corrected chi connectivity index (χ3v) is 5.52. The van der Waals surface area contributed by atoms with Crippen molar-refractivity contribution in [3.63, 3.8) is 0 Å². The van der Waals surface area contributed by atoms with Crippen molar-refractivity contribution in [2.24, 2.45) is 0 Å². The van der Waals surface area contributed by atoms with Gasteiger partial charge in [-0.05, 0) is 50.5 Å². The molecule has 0 radical (unpaired) electrons. The fourth-order valence-electron chi connectivity index (χ4n) is 3.94. The number of urea groups is 1. The van der Waals surface area contributed by atoms with Gasteiger partial charge in [-0.3, -0.25) is 9.78 Å². The van der Waals surface area contributed by atoms with Crippen molar-refractivity contribution < 1.29 is 4.79 Å². The summed E-state index contributed by atoms with van der Waals surface area (Å²) in [4.78, 5) is 34.0. The second-order valence-corrected chi connectivity index (χ2v) is 8.57. The highest BCUT2D eigenvalue weighted by Crippen LogP contribution is 2.19. The number of aromatic amines is 1. The van der Waals surface area contributed by atoms with Crippen LogP contribution in [0.1, 0.15) is 43.3 Å². The van der Waals surface area contributed by atoms with Gasteiger partial charge in [0.25, 0.3) is 5.56 Å². The van der Waals surface area contributed by atoms with E-state index in [2.05, 4.69) is 25.7 Å². The molecule has 1 saturated heterocycles. The van der Waals surface area contributed by atoms with Gasteiger partial charge in [0.2, 0.25) is 5.95 Å². The Morgan fingerprint density at radius 1 is 1.22 bits per heavy atom. The zero-order valence-electron chi connectivity index (χ0n) is 18.8. The number of nitrogens with one attached hydrogen (secondary N) is 3. The van der Waals surface area contributed by atoms with Gasteiger partial charge in [0.1, 0.15) is 0 Å². The molecule has 2 amide bonds. The molecular weight excluding hydrogens is 406 g/mol. The molecule has 3 heterocycles. The third-order valence-electron chi connectivity index (χ3n) is 5.52. The largest absolute Gasteiger partial charge is 0.340 e. The zero-order chi connectivity index (χ0) is 22.8. The van der Waals surface area contributed by atoms with Crippen LogP contribution in [0.4, 0.5) is 16.4 Å². The van der Waals surface area contributed by atoms with Crippen LogP contribution in [0.25, 0.3) is 5.69 Å². The lowest BCUT2D eigenvalue weighted by molar-refractivity contribution is 0.249. The van der Waals surface area contributed by atoms with Gasteiger partial charge in [0.15, 0.2) is 0 Å². The average molecular weight is 436 g/mol. The van der Waals surface area contributed by atoms with Gasteiger partial charge in [0.05, 0.1) is 17.1 Å². The monoisotopic (exact) mass is 435 g/mol. The van der Waals surface area contributed by atoms with Crippen LogP contribution in [0.3, 0.4) is 0 Å². The van der Waals surface area contributed by atoms with E-state index in [1.54, 1.807) is 0 Å². The number of hydrogen-bond donors (Lipinski definition) is 3. The first-order chi connectivity index (χ1) is 15.3. The highest BCUT2D eigenvalue weighted by atomic mass is 16.2. The van der Waals surface area contributed by atoms with Gasteiger partial charge in [0, 0.05) is 36.6 Å². The Kier molecular flexibility index (Phi) is 5.98. The van der Waals surface area contributed by atoms with Crippen molar-refractivity contribution in [3.05, 3.63) is 63.8 Å². The van der Waals surface area contributed by atoms with Gasteiger partial charge in [-0.25, -0.2) is 14.5 Å². The number of benzene rings is 1. The van der Waals surface area contributed by atoms with Crippen LogP contribution in [0.15, 0.2) is 41.2 Å². The summed E-state index contributed by atoms with van der Waals surface area (Å²) < 4.78 is 1.85. The van der Waals surface area contributed by atoms with Crippen LogP contribution >= 0.6 is 0 Å². The number of rotatable bonds is 5. The van der Waals surface area contributed by atoms with E-state index >= 15 is 0 Å². The summed E-state index contributed by atoms with van der Waals surface area (Å²) in [5, 5.41) is 10.4. The lowest BCUT2D eigenvalue weighted by Gasteiger charge is -2.19. The quantitative estimate of drug-likeness (QED) is 0.571. The molecule has 2 aromatic heterocycles. The predicted molar refractivity (Wildman–Crippen MR) is 125 cm³/mol. The Bertz CT molecular complexity index is 1180. The van der Waals surface area contributed by atoms with Crippen LogP contribution in [-0.2, 0) is 0 Å². The van der Waals surface area contributed by atoms with E-state index in [1.807, 2.05) is 67.6 Å². The van der Waals surface area contributed by atoms with Crippen molar-refractivity contribution in [2.75, 3.05) is 23.3 Å². The summed E-state index contributed by atoms with van der Waals surface area (Å²) >= 11 is 0. The van der Waals surface area contributed by atoms with E-state index in [0.717, 1.165) is 29.2 Å². The molecule has 32 heavy (non-hydrogen) atoms. The molecule has 3 aromatic rings. The molecule has 1 atom stereocenters. The van der Waals surface area contributed by atoms with Gasteiger partial charge < -0.3 is 15.5 Å². The summed E-state index contributed by atoms with van der Waals surface area (Å²) in [6.07, 6.45) is 0.773. The topological polar surface area (TPSA) is 108 Å². The van der Waals surface area contributed by atoms with Gasteiger partial charge >= 0.3 is 6.03 Å². The molecule has 1 aromatic carbocycles. The van der Waals surface area contributed by atoms with Gasteiger partial charge in [-0.2, -0.15) is 5.10 Å². The van der Waals surface area contributed by atoms with Crippen LogP contribution in [0, 0.1) is 13.8 Å². The predicted octanol–water partition coefficient (Wildman–Crippen LogP) is 3.10. The fraction of sp³-hybridized carbons (Fsp3) is 0.391. The Morgan fingerprint density at radius 2 is 2.03 bits per heavy atom. The van der Waals surface area contributed by atoms with Crippen LogP contribution in [-0.4, -0.2) is 44.9 Å². The fourth-order valence-corrected chi connectivity index (χ4v) is 3.94. The van der Waals surface area contributed by atoms with Crippen molar-refractivity contribution in [2.45, 2.75) is 46.1 Å². The van der Waals surface area contributed by atoms with Crippen molar-refractivity contribution in [1.82, 2.24) is 25.1 Å². The number of hydrogen-bond acceptors (Lipinski definition) is 5. The lowest BCUT2D eigenvalue weighted by Crippen LogP contribution is -2.40. The summed E-state index contributed by atoms with van der Waals surface area (Å²) in [7, 11) is 0. The summed E-state index contributed by atoms with van der Waals surface area (Å²) in [5.41, 5.74) is 4.16. The number of carbonyl (C=O) groups excluding carboxylic acids is 1. The van der Waals surface area contributed by atoms with Crippen molar-refractivity contribution >= 4 is 17.7 Å². The maximum Gasteiger partial charge on any atom is 0.319 e. The number of anilines is 2. The molecule has 1 fully saturated rings. The SMILES string of the molecule is Cc1cc(C)n(-c2cccc(NC(=O)NC3CCN(c4nc(C(C)C)cc(=O)[nH]4)C3)c2)n1. The lowest BCUT2D eigenvalue weighted by atomic mass is 10.1. The van der Waals surface area contributed by atoms with E-state index in [0.29, 0.717) is 24.7 Å². The van der Waals surface area contributed by atoms with Crippen LogP contribution in [0.5, 0.6) is 0 Å². The van der Waals surface area contributed by atoms with E-state index in [1.165, 1.54) is 6.07 Å². The molecule has 1 aliphatic rings. The third kappa shape index (κ3) is 4.82. The standard InChI is InChI=1S/C23H29N7O2/c1-14(2)20-12-21(31)27-22(26-20)29-9-8-18(13-29)25-23(32)24-17-6-5-7-19(11-17)30-16(4)10-15(3)28-30/h5-7,10-12,14,18H,8-9,13H2,1-4H3,(H2,24,25,32)(H,26,27,31). The Labute approximate surface area is 186 Å². The zero-order valence-corrected chi connectivity index (χ0v) is 18.8. The van der Waals surface area contributed by atoms with E-state index in [-0.39, 0.29) is 23.6 Å².